The van der Waals surface area contributed by atoms with Crippen LogP contribution < -0.4 is 5.32 Å². The maximum absolute atomic E-state index is 12.2. The minimum absolute atomic E-state index is 0.0583. The number of hydrogen-bond donors (Lipinski definition) is 1. The van der Waals surface area contributed by atoms with Gasteiger partial charge in [-0.3, -0.25) is 9.59 Å². The van der Waals surface area contributed by atoms with Crippen molar-refractivity contribution in [1.82, 2.24) is 10.2 Å². The molecule has 1 N–H and O–H groups in total. The molecule has 0 unspecified atom stereocenters. The van der Waals surface area contributed by atoms with Gasteiger partial charge in [0.2, 0.25) is 5.91 Å². The quantitative estimate of drug-likeness (QED) is 0.879. The van der Waals surface area contributed by atoms with Crippen LogP contribution in [0.1, 0.15) is 36.7 Å². The van der Waals surface area contributed by atoms with Gasteiger partial charge in [0.25, 0.3) is 5.91 Å². The van der Waals surface area contributed by atoms with Crippen molar-refractivity contribution < 1.29 is 9.59 Å². The van der Waals surface area contributed by atoms with Gasteiger partial charge < -0.3 is 10.2 Å². The van der Waals surface area contributed by atoms with Gasteiger partial charge in [0.05, 0.1) is 0 Å². The van der Waals surface area contributed by atoms with Gasteiger partial charge in [-0.25, -0.2) is 0 Å². The molecular weight excluding hydrogens is 228 g/mol. The second-order valence-corrected chi connectivity index (χ2v) is 4.93. The zero-order valence-corrected chi connectivity index (χ0v) is 10.9. The van der Waals surface area contributed by atoms with E-state index in [1.807, 2.05) is 38.1 Å². The summed E-state index contributed by atoms with van der Waals surface area (Å²) in [6, 6.07) is 7.14. The van der Waals surface area contributed by atoms with Gasteiger partial charge in [0.15, 0.2) is 0 Å². The highest BCUT2D eigenvalue weighted by Gasteiger charge is 2.33. The number of rotatable bonds is 3. The third-order valence-electron chi connectivity index (χ3n) is 3.13. The first-order valence-electron chi connectivity index (χ1n) is 6.20. The summed E-state index contributed by atoms with van der Waals surface area (Å²) in [4.78, 5) is 25.7. The molecule has 0 saturated heterocycles. The number of amides is 2. The molecule has 1 aromatic rings. The van der Waals surface area contributed by atoms with Gasteiger partial charge in [-0.05, 0) is 32.4 Å². The Morgan fingerprint density at radius 1 is 1.28 bits per heavy atom. The fraction of sp³-hybridized carbons (Fsp3) is 0.429. The van der Waals surface area contributed by atoms with E-state index in [2.05, 4.69) is 5.32 Å². The molecule has 0 saturated carbocycles. The minimum atomic E-state index is -0.438. The Morgan fingerprint density at radius 2 is 1.94 bits per heavy atom. The topological polar surface area (TPSA) is 49.4 Å². The Balaban J connectivity index is 2.14. The van der Waals surface area contributed by atoms with Gasteiger partial charge in [-0.15, -0.1) is 0 Å². The predicted molar refractivity (Wildman–Crippen MR) is 69.1 cm³/mol. The third-order valence-corrected chi connectivity index (χ3v) is 3.13. The molecule has 4 heteroatoms. The van der Waals surface area contributed by atoms with Crippen LogP contribution >= 0.6 is 0 Å². The second-order valence-electron chi connectivity index (χ2n) is 4.93. The number of carbonyl (C=O) groups excluding carboxylic acids is 2. The maximum atomic E-state index is 12.2. The summed E-state index contributed by atoms with van der Waals surface area (Å²) in [5, 5.41) is 2.83. The first-order valence-corrected chi connectivity index (χ1v) is 6.20. The van der Waals surface area contributed by atoms with E-state index >= 15 is 0 Å². The SMILES string of the molecule is CC(C)NC(=O)[C@@H](C)N1Cc2ccccc2C1=O. The van der Waals surface area contributed by atoms with Crippen LogP contribution in [0.15, 0.2) is 24.3 Å². The summed E-state index contributed by atoms with van der Waals surface area (Å²) in [5.74, 6) is -0.164. The normalized spacial score (nSPS) is 15.8. The summed E-state index contributed by atoms with van der Waals surface area (Å²) in [7, 11) is 0. The molecule has 1 atom stereocenters. The van der Waals surface area contributed by atoms with Crippen molar-refractivity contribution in [2.45, 2.75) is 39.4 Å². The van der Waals surface area contributed by atoms with Crippen LogP contribution in [0, 0.1) is 0 Å². The Hall–Kier alpha value is -1.84. The lowest BCUT2D eigenvalue weighted by Crippen LogP contribution is -2.47. The summed E-state index contributed by atoms with van der Waals surface area (Å²) in [5.41, 5.74) is 1.70. The van der Waals surface area contributed by atoms with E-state index in [1.165, 1.54) is 0 Å². The zero-order valence-electron chi connectivity index (χ0n) is 10.9. The summed E-state index contributed by atoms with van der Waals surface area (Å²) in [6.07, 6.45) is 0. The molecule has 0 radical (unpaired) electrons. The van der Waals surface area contributed by atoms with Crippen LogP contribution in [0.4, 0.5) is 0 Å². The predicted octanol–water partition coefficient (Wildman–Crippen LogP) is 1.56. The smallest absolute Gasteiger partial charge is 0.255 e. The van der Waals surface area contributed by atoms with Crippen LogP contribution in [-0.2, 0) is 11.3 Å². The maximum Gasteiger partial charge on any atom is 0.255 e. The van der Waals surface area contributed by atoms with Crippen LogP contribution in [0.3, 0.4) is 0 Å². The van der Waals surface area contributed by atoms with Crippen molar-refractivity contribution >= 4 is 11.8 Å². The fourth-order valence-electron chi connectivity index (χ4n) is 2.14. The highest BCUT2D eigenvalue weighted by molar-refractivity contribution is 6.01. The van der Waals surface area contributed by atoms with E-state index in [0.717, 1.165) is 5.56 Å². The van der Waals surface area contributed by atoms with Crippen molar-refractivity contribution in [3.63, 3.8) is 0 Å². The first kappa shape index (κ1) is 12.6. The van der Waals surface area contributed by atoms with Crippen LogP contribution in [0.5, 0.6) is 0 Å². The third kappa shape index (κ3) is 2.23. The number of carbonyl (C=O) groups is 2. The molecule has 4 nitrogen and oxygen atoms in total. The average Bonchev–Trinajstić information content (AvgIpc) is 2.66. The van der Waals surface area contributed by atoms with Crippen molar-refractivity contribution in [2.75, 3.05) is 0 Å². The van der Waals surface area contributed by atoms with Crippen molar-refractivity contribution in [1.29, 1.82) is 0 Å². The van der Waals surface area contributed by atoms with Crippen LogP contribution in [-0.4, -0.2) is 28.8 Å². The number of benzene rings is 1. The highest BCUT2D eigenvalue weighted by Crippen LogP contribution is 2.24. The number of fused-ring (bicyclic) bond motifs is 1. The number of nitrogens with one attached hydrogen (secondary N) is 1. The van der Waals surface area contributed by atoms with Gasteiger partial charge in [-0.2, -0.15) is 0 Å². The monoisotopic (exact) mass is 246 g/mol. The number of nitrogens with zero attached hydrogens (tertiary/aromatic N) is 1. The lowest BCUT2D eigenvalue weighted by atomic mass is 10.1. The Morgan fingerprint density at radius 3 is 2.56 bits per heavy atom. The van der Waals surface area contributed by atoms with E-state index in [-0.39, 0.29) is 17.9 Å². The summed E-state index contributed by atoms with van der Waals surface area (Å²) in [6.45, 7) is 6.10. The lowest BCUT2D eigenvalue weighted by molar-refractivity contribution is -0.125. The molecule has 1 aliphatic rings. The standard InChI is InChI=1S/C14H18N2O2/c1-9(2)15-13(17)10(3)16-8-11-6-4-5-7-12(11)14(16)18/h4-7,9-10H,8H2,1-3H3,(H,15,17)/t10-/m1/s1. The summed E-state index contributed by atoms with van der Waals surface area (Å²) < 4.78 is 0. The first-order chi connectivity index (χ1) is 8.50. The Bertz CT molecular complexity index is 482. The molecule has 0 aromatic heterocycles. The molecule has 1 aromatic carbocycles. The molecule has 0 bridgehead atoms. The van der Waals surface area contributed by atoms with E-state index in [0.29, 0.717) is 12.1 Å². The molecule has 0 aliphatic carbocycles. The highest BCUT2D eigenvalue weighted by atomic mass is 16.2. The van der Waals surface area contributed by atoms with Crippen molar-refractivity contribution in [3.05, 3.63) is 35.4 Å². The molecule has 2 rings (SSSR count). The summed E-state index contributed by atoms with van der Waals surface area (Å²) >= 11 is 0. The largest absolute Gasteiger partial charge is 0.352 e. The molecule has 18 heavy (non-hydrogen) atoms. The molecule has 1 aliphatic heterocycles. The molecule has 96 valence electrons. The van der Waals surface area contributed by atoms with Gasteiger partial charge >= 0.3 is 0 Å². The van der Waals surface area contributed by atoms with Crippen LogP contribution in [0.25, 0.3) is 0 Å². The van der Waals surface area contributed by atoms with E-state index < -0.39 is 6.04 Å². The molecule has 0 fully saturated rings. The minimum Gasteiger partial charge on any atom is -0.352 e. The lowest BCUT2D eigenvalue weighted by Gasteiger charge is -2.24. The molecule has 1 heterocycles. The van der Waals surface area contributed by atoms with E-state index in [9.17, 15) is 9.59 Å². The van der Waals surface area contributed by atoms with Crippen molar-refractivity contribution in [3.8, 4) is 0 Å². The van der Waals surface area contributed by atoms with Gasteiger partial charge in [0, 0.05) is 18.2 Å². The zero-order chi connectivity index (χ0) is 13.3. The molecule has 0 spiro atoms. The van der Waals surface area contributed by atoms with Gasteiger partial charge in [0.1, 0.15) is 6.04 Å². The van der Waals surface area contributed by atoms with Crippen LogP contribution in [0.2, 0.25) is 0 Å². The second kappa shape index (κ2) is 4.80. The molecule has 2 amide bonds. The van der Waals surface area contributed by atoms with E-state index in [4.69, 9.17) is 0 Å². The Labute approximate surface area is 107 Å². The molecular formula is C14H18N2O2. The Kier molecular flexibility index (Phi) is 3.36. The van der Waals surface area contributed by atoms with E-state index in [1.54, 1.807) is 11.8 Å². The van der Waals surface area contributed by atoms with Crippen molar-refractivity contribution in [2.24, 2.45) is 0 Å². The van der Waals surface area contributed by atoms with Gasteiger partial charge in [-0.1, -0.05) is 18.2 Å². The average molecular weight is 246 g/mol. The number of hydrogen-bond acceptors (Lipinski definition) is 2. The fourth-order valence-corrected chi connectivity index (χ4v) is 2.14.